The molecule has 1 aromatic heterocycles. The van der Waals surface area contributed by atoms with Gasteiger partial charge in [-0.05, 0) is 67.3 Å². The van der Waals surface area contributed by atoms with Gasteiger partial charge in [-0.15, -0.1) is 0 Å². The number of benzene rings is 2. The Hall–Kier alpha value is -2.99. The molecule has 40 heavy (non-hydrogen) atoms. The second-order valence-electron chi connectivity index (χ2n) is 10.4. The van der Waals surface area contributed by atoms with E-state index < -0.39 is 44.0 Å². The number of carbonyl (C=O) groups excluding carboxylic acids is 1. The lowest BCUT2D eigenvalue weighted by Crippen LogP contribution is -2.48. The number of halogens is 4. The number of hydrogen-bond donors (Lipinski definition) is 2. The van der Waals surface area contributed by atoms with Crippen LogP contribution in [0.5, 0.6) is 0 Å². The highest BCUT2D eigenvalue weighted by Crippen LogP contribution is 2.51. The van der Waals surface area contributed by atoms with Crippen LogP contribution in [0.4, 0.5) is 18.9 Å². The number of aliphatic hydroxyl groups is 1. The van der Waals surface area contributed by atoms with Crippen LogP contribution < -0.4 is 5.32 Å². The van der Waals surface area contributed by atoms with Gasteiger partial charge in [-0.25, -0.2) is 21.6 Å². The van der Waals surface area contributed by atoms with Gasteiger partial charge >= 0.3 is 0 Å². The Morgan fingerprint density at radius 2 is 1.77 bits per heavy atom. The van der Waals surface area contributed by atoms with Gasteiger partial charge in [0.15, 0.2) is 27.3 Å². The van der Waals surface area contributed by atoms with Crippen molar-refractivity contribution in [3.8, 4) is 0 Å². The van der Waals surface area contributed by atoms with E-state index in [1.165, 1.54) is 12.1 Å². The van der Waals surface area contributed by atoms with Crippen LogP contribution in [0.25, 0.3) is 0 Å². The summed E-state index contributed by atoms with van der Waals surface area (Å²) in [7, 11) is -4.03. The van der Waals surface area contributed by atoms with E-state index in [0.29, 0.717) is 25.0 Å². The molecule has 0 radical (unpaired) electrons. The lowest BCUT2D eigenvalue weighted by molar-refractivity contribution is -0.0866. The molecule has 2 unspecified atom stereocenters. The summed E-state index contributed by atoms with van der Waals surface area (Å²) in [5.74, 6) is -6.17. The molecule has 212 valence electrons. The quantitative estimate of drug-likeness (QED) is 0.342. The molecule has 0 spiro atoms. The molecule has 0 aliphatic heterocycles. The van der Waals surface area contributed by atoms with Crippen molar-refractivity contribution >= 4 is 33.0 Å². The molecule has 2 fully saturated rings. The van der Waals surface area contributed by atoms with E-state index in [4.69, 9.17) is 16.3 Å². The third kappa shape index (κ3) is 5.74. The Kier molecular flexibility index (Phi) is 7.93. The minimum absolute atomic E-state index is 0.0582. The number of anilines is 1. The van der Waals surface area contributed by atoms with Gasteiger partial charge in [0.1, 0.15) is 0 Å². The Morgan fingerprint density at radius 3 is 2.40 bits per heavy atom. The molecule has 2 aliphatic carbocycles. The first-order chi connectivity index (χ1) is 19.0. The number of pyridine rings is 1. The zero-order valence-corrected chi connectivity index (χ0v) is 22.7. The third-order valence-corrected chi connectivity index (χ3v) is 10.5. The smallest absolute Gasteiger partial charge is 0.255 e. The third-order valence-electron chi connectivity index (χ3n) is 7.58. The Labute approximate surface area is 234 Å². The average molecular weight is 595 g/mol. The summed E-state index contributed by atoms with van der Waals surface area (Å²) in [5.41, 5.74) is -0.767. The molecule has 2 aliphatic rings. The van der Waals surface area contributed by atoms with Crippen molar-refractivity contribution in [1.82, 2.24) is 4.98 Å². The number of fused-ring (bicyclic) bond motifs is 2. The van der Waals surface area contributed by atoms with E-state index in [2.05, 4.69) is 10.3 Å². The Balaban J connectivity index is 1.32. The number of aromatic nitrogens is 1. The predicted molar refractivity (Wildman–Crippen MR) is 141 cm³/mol. The van der Waals surface area contributed by atoms with Crippen LogP contribution in [-0.2, 0) is 21.2 Å². The van der Waals surface area contributed by atoms with Crippen molar-refractivity contribution in [2.45, 2.75) is 48.0 Å². The van der Waals surface area contributed by atoms with Crippen LogP contribution in [0.3, 0.4) is 0 Å². The van der Waals surface area contributed by atoms with Crippen molar-refractivity contribution in [3.63, 3.8) is 0 Å². The average Bonchev–Trinajstić information content (AvgIpc) is 3.21. The largest absolute Gasteiger partial charge is 0.387 e. The summed E-state index contributed by atoms with van der Waals surface area (Å²) in [4.78, 5) is 16.6. The normalized spacial score (nSPS) is 24.2. The van der Waals surface area contributed by atoms with E-state index in [1.807, 2.05) is 6.07 Å². The lowest BCUT2D eigenvalue weighted by Gasteiger charge is -2.40. The molecule has 7 nitrogen and oxygen atoms in total. The molecule has 2 bridgehead atoms. The van der Waals surface area contributed by atoms with Crippen molar-refractivity contribution in [2.75, 3.05) is 11.9 Å². The molecule has 0 saturated heterocycles. The molecule has 2 saturated carbocycles. The standard InChI is InChI=1S/C28H26ClF3N2O5S/c29-21-6-5-17(27(35)34-20-9-22(30)25(32)23(31)10-20)8-24(21)40(37,38)26-18-3-4-19(26)12-28(36,11-18)15-39-14-16-2-1-7-33-13-16/h1-2,5-10,13,18-19,26,36H,3-4,11-12,14-15H2,(H,34,35)/t18?,19?,26-,28-. The Bertz CT molecular complexity index is 1500. The molecule has 3 aromatic rings. The van der Waals surface area contributed by atoms with E-state index in [1.54, 1.807) is 18.5 Å². The number of nitrogens with one attached hydrogen (secondary N) is 1. The van der Waals surface area contributed by atoms with Crippen molar-refractivity contribution in [3.05, 3.63) is 88.5 Å². The Morgan fingerprint density at radius 1 is 1.10 bits per heavy atom. The second-order valence-corrected chi connectivity index (χ2v) is 12.9. The van der Waals surface area contributed by atoms with Crippen molar-refractivity contribution in [1.29, 1.82) is 0 Å². The van der Waals surface area contributed by atoms with Gasteiger partial charge in [0.25, 0.3) is 5.91 Å². The molecule has 12 heteroatoms. The zero-order valence-electron chi connectivity index (χ0n) is 21.1. The summed E-state index contributed by atoms with van der Waals surface area (Å²) in [6.45, 7) is 0.331. The molecular formula is C28H26ClF3N2O5S. The van der Waals surface area contributed by atoms with Gasteiger partial charge in [-0.1, -0.05) is 17.7 Å². The van der Waals surface area contributed by atoms with Crippen LogP contribution in [0.1, 0.15) is 41.6 Å². The van der Waals surface area contributed by atoms with Crippen molar-refractivity contribution in [2.24, 2.45) is 11.8 Å². The number of nitrogens with zero attached hydrogens (tertiary/aromatic N) is 1. The highest BCUT2D eigenvalue weighted by molar-refractivity contribution is 7.92. The predicted octanol–water partition coefficient (Wildman–Crippen LogP) is 5.31. The number of rotatable bonds is 8. The minimum atomic E-state index is -4.03. The number of amides is 1. The summed E-state index contributed by atoms with van der Waals surface area (Å²) >= 11 is 6.30. The fourth-order valence-corrected chi connectivity index (χ4v) is 8.79. The van der Waals surface area contributed by atoms with Crippen LogP contribution in [-0.4, -0.2) is 41.9 Å². The van der Waals surface area contributed by atoms with Crippen LogP contribution in [0.15, 0.2) is 59.8 Å². The fourth-order valence-electron chi connectivity index (χ4n) is 5.94. The molecule has 1 heterocycles. The molecule has 2 N–H and O–H groups in total. The first-order valence-electron chi connectivity index (χ1n) is 12.7. The van der Waals surface area contributed by atoms with Gasteiger partial charge in [-0.3, -0.25) is 9.78 Å². The topological polar surface area (TPSA) is 106 Å². The molecule has 1 amide bonds. The number of hydrogen-bond acceptors (Lipinski definition) is 6. The van der Waals surface area contributed by atoms with E-state index in [-0.39, 0.29) is 59.1 Å². The molecule has 2 aromatic carbocycles. The first kappa shape index (κ1) is 28.5. The van der Waals surface area contributed by atoms with Gasteiger partial charge in [-0.2, -0.15) is 0 Å². The lowest BCUT2D eigenvalue weighted by atomic mass is 9.77. The molecule has 5 rings (SSSR count). The van der Waals surface area contributed by atoms with Gasteiger partial charge in [0.05, 0.1) is 34.0 Å². The zero-order chi connectivity index (χ0) is 28.7. The molecule has 2 atom stereocenters. The number of ether oxygens (including phenoxy) is 1. The van der Waals surface area contributed by atoms with Crippen molar-refractivity contribution < 1.29 is 36.2 Å². The SMILES string of the molecule is O=C(Nc1cc(F)c(F)c(F)c1)c1ccc(Cl)c(S(=O)(=O)[C@H]2C3CCC2C[C@](O)(COCc2cccnc2)C3)c1. The van der Waals surface area contributed by atoms with Gasteiger partial charge in [0.2, 0.25) is 0 Å². The van der Waals surface area contributed by atoms with E-state index in [0.717, 1.165) is 11.6 Å². The van der Waals surface area contributed by atoms with E-state index >= 15 is 0 Å². The molecular weight excluding hydrogens is 569 g/mol. The summed E-state index contributed by atoms with van der Waals surface area (Å²) < 4.78 is 73.9. The van der Waals surface area contributed by atoms with Gasteiger partial charge in [0, 0.05) is 35.8 Å². The summed E-state index contributed by atoms with van der Waals surface area (Å²) in [6, 6.07) is 8.55. The van der Waals surface area contributed by atoms with Crippen LogP contribution in [0.2, 0.25) is 5.02 Å². The summed E-state index contributed by atoms with van der Waals surface area (Å²) in [6.07, 6.45) is 5.02. The highest BCUT2D eigenvalue weighted by Gasteiger charge is 2.54. The van der Waals surface area contributed by atoms with Crippen LogP contribution >= 0.6 is 11.6 Å². The minimum Gasteiger partial charge on any atom is -0.387 e. The second kappa shape index (κ2) is 11.1. The van der Waals surface area contributed by atoms with Crippen LogP contribution in [0, 0.1) is 29.3 Å². The van der Waals surface area contributed by atoms with E-state index in [9.17, 15) is 31.5 Å². The summed E-state index contributed by atoms with van der Waals surface area (Å²) in [5, 5.41) is 12.6. The monoisotopic (exact) mass is 594 g/mol. The maximum Gasteiger partial charge on any atom is 0.255 e. The number of sulfone groups is 1. The maximum absolute atomic E-state index is 13.9. The maximum atomic E-state index is 13.9. The number of carbonyl (C=O) groups is 1. The first-order valence-corrected chi connectivity index (χ1v) is 14.6. The highest BCUT2D eigenvalue weighted by atomic mass is 35.5. The van der Waals surface area contributed by atoms with Gasteiger partial charge < -0.3 is 15.2 Å². The fraction of sp³-hybridized carbons (Fsp3) is 0.357.